The fourth-order valence-electron chi connectivity index (χ4n) is 1.94. The molecule has 0 fully saturated rings. The van der Waals surface area contributed by atoms with E-state index in [1.54, 1.807) is 19.2 Å². The van der Waals surface area contributed by atoms with Crippen molar-refractivity contribution in [1.82, 2.24) is 0 Å². The Bertz CT molecular complexity index is 634. The van der Waals surface area contributed by atoms with Crippen LogP contribution in [0, 0.1) is 12.7 Å². The SMILES string of the molecule is COc1cc(Br)cc(C)c1NCc1ccc(F)c(Cl)c1. The fraction of sp³-hybridized carbons (Fsp3) is 0.200. The number of aryl methyl sites for hydroxylation is 1. The predicted octanol–water partition coefficient (Wildman–Crippen LogP) is 5.17. The predicted molar refractivity (Wildman–Crippen MR) is 84.2 cm³/mol. The van der Waals surface area contributed by atoms with Crippen molar-refractivity contribution < 1.29 is 9.13 Å². The van der Waals surface area contributed by atoms with Gasteiger partial charge < -0.3 is 10.1 Å². The van der Waals surface area contributed by atoms with Gasteiger partial charge in [0.05, 0.1) is 17.8 Å². The summed E-state index contributed by atoms with van der Waals surface area (Å²) in [5.74, 6) is 0.345. The monoisotopic (exact) mass is 357 g/mol. The van der Waals surface area contributed by atoms with Crippen molar-refractivity contribution in [1.29, 1.82) is 0 Å². The lowest BCUT2D eigenvalue weighted by Crippen LogP contribution is -2.03. The van der Waals surface area contributed by atoms with Gasteiger partial charge in [0.15, 0.2) is 0 Å². The average molecular weight is 359 g/mol. The number of methoxy groups -OCH3 is 1. The van der Waals surface area contributed by atoms with Crippen LogP contribution in [0.15, 0.2) is 34.8 Å². The Morgan fingerprint density at radius 1 is 1.30 bits per heavy atom. The molecule has 0 spiro atoms. The minimum atomic E-state index is -0.409. The van der Waals surface area contributed by atoms with Crippen LogP contribution < -0.4 is 10.1 Å². The van der Waals surface area contributed by atoms with Gasteiger partial charge in [-0.2, -0.15) is 0 Å². The van der Waals surface area contributed by atoms with Gasteiger partial charge in [-0.3, -0.25) is 0 Å². The van der Waals surface area contributed by atoms with E-state index in [2.05, 4.69) is 21.2 Å². The van der Waals surface area contributed by atoms with Crippen LogP contribution in [-0.2, 0) is 6.54 Å². The smallest absolute Gasteiger partial charge is 0.143 e. The van der Waals surface area contributed by atoms with Gasteiger partial charge in [0.1, 0.15) is 11.6 Å². The van der Waals surface area contributed by atoms with E-state index in [9.17, 15) is 4.39 Å². The number of hydrogen-bond donors (Lipinski definition) is 1. The summed E-state index contributed by atoms with van der Waals surface area (Å²) >= 11 is 9.21. The zero-order chi connectivity index (χ0) is 14.7. The molecule has 0 aliphatic rings. The van der Waals surface area contributed by atoms with Gasteiger partial charge in [0.2, 0.25) is 0 Å². The van der Waals surface area contributed by atoms with Crippen molar-refractivity contribution in [3.63, 3.8) is 0 Å². The Hall–Kier alpha value is -1.26. The van der Waals surface area contributed by atoms with E-state index in [1.807, 2.05) is 19.1 Å². The summed E-state index contributed by atoms with van der Waals surface area (Å²) in [6.07, 6.45) is 0. The Labute approximate surface area is 131 Å². The summed E-state index contributed by atoms with van der Waals surface area (Å²) in [6.45, 7) is 2.53. The largest absolute Gasteiger partial charge is 0.495 e. The first-order valence-corrected chi connectivity index (χ1v) is 7.20. The highest BCUT2D eigenvalue weighted by Gasteiger charge is 2.08. The molecule has 0 amide bonds. The molecule has 0 aliphatic carbocycles. The average Bonchev–Trinajstić information content (AvgIpc) is 2.40. The molecular weight excluding hydrogens is 345 g/mol. The van der Waals surface area contributed by atoms with Gasteiger partial charge in [0.25, 0.3) is 0 Å². The Balaban J connectivity index is 2.20. The molecule has 0 radical (unpaired) electrons. The van der Waals surface area contributed by atoms with E-state index < -0.39 is 5.82 Å². The Morgan fingerprint density at radius 2 is 2.05 bits per heavy atom. The van der Waals surface area contributed by atoms with E-state index in [4.69, 9.17) is 16.3 Å². The highest BCUT2D eigenvalue weighted by molar-refractivity contribution is 9.10. The topological polar surface area (TPSA) is 21.3 Å². The fourth-order valence-corrected chi connectivity index (χ4v) is 2.69. The lowest BCUT2D eigenvalue weighted by molar-refractivity contribution is 0.416. The summed E-state index contributed by atoms with van der Waals surface area (Å²) in [5, 5.41) is 3.42. The van der Waals surface area contributed by atoms with Crippen LogP contribution in [0.1, 0.15) is 11.1 Å². The van der Waals surface area contributed by atoms with Gasteiger partial charge in [-0.05, 0) is 42.3 Å². The van der Waals surface area contributed by atoms with E-state index in [0.717, 1.165) is 27.0 Å². The third-order valence-electron chi connectivity index (χ3n) is 2.94. The zero-order valence-corrected chi connectivity index (χ0v) is 13.5. The third-order valence-corrected chi connectivity index (χ3v) is 3.68. The van der Waals surface area contributed by atoms with Crippen LogP contribution >= 0.6 is 27.5 Å². The standard InChI is InChI=1S/C15H14BrClFNO/c1-9-5-11(16)7-14(20-2)15(9)19-8-10-3-4-13(18)12(17)6-10/h3-7,19H,8H2,1-2H3. The maximum atomic E-state index is 13.1. The summed E-state index contributed by atoms with van der Waals surface area (Å²) in [5.41, 5.74) is 2.88. The molecule has 5 heteroatoms. The molecule has 106 valence electrons. The van der Waals surface area contributed by atoms with Crippen molar-refractivity contribution >= 4 is 33.2 Å². The van der Waals surface area contributed by atoms with Crippen LogP contribution in [0.5, 0.6) is 5.75 Å². The van der Waals surface area contributed by atoms with Crippen molar-refractivity contribution in [2.75, 3.05) is 12.4 Å². The first kappa shape index (κ1) is 15.1. The molecule has 2 nitrogen and oxygen atoms in total. The summed E-state index contributed by atoms with van der Waals surface area (Å²) in [7, 11) is 1.63. The molecule has 0 bridgehead atoms. The first-order valence-electron chi connectivity index (χ1n) is 6.03. The summed E-state index contributed by atoms with van der Waals surface area (Å²) < 4.78 is 19.4. The van der Waals surface area contributed by atoms with Crippen LogP contribution in [0.2, 0.25) is 5.02 Å². The maximum absolute atomic E-state index is 13.1. The minimum Gasteiger partial charge on any atom is -0.495 e. The maximum Gasteiger partial charge on any atom is 0.143 e. The zero-order valence-electron chi connectivity index (χ0n) is 11.1. The van der Waals surface area contributed by atoms with Gasteiger partial charge in [-0.15, -0.1) is 0 Å². The highest BCUT2D eigenvalue weighted by Crippen LogP contribution is 2.32. The molecule has 0 unspecified atom stereocenters. The van der Waals surface area contributed by atoms with Crippen molar-refractivity contribution in [2.45, 2.75) is 13.5 Å². The van der Waals surface area contributed by atoms with Crippen molar-refractivity contribution in [3.05, 3.63) is 56.8 Å². The second-order valence-electron chi connectivity index (χ2n) is 4.40. The van der Waals surface area contributed by atoms with E-state index in [-0.39, 0.29) is 5.02 Å². The normalized spacial score (nSPS) is 10.4. The molecule has 1 N–H and O–H groups in total. The molecular formula is C15H14BrClFNO. The molecule has 2 aromatic carbocycles. The number of hydrogen-bond acceptors (Lipinski definition) is 2. The number of nitrogens with one attached hydrogen (secondary N) is 1. The second-order valence-corrected chi connectivity index (χ2v) is 5.72. The van der Waals surface area contributed by atoms with E-state index in [1.165, 1.54) is 6.07 Å². The minimum absolute atomic E-state index is 0.129. The Kier molecular flexibility index (Phi) is 4.89. The van der Waals surface area contributed by atoms with Crippen LogP contribution in [0.25, 0.3) is 0 Å². The van der Waals surface area contributed by atoms with Gasteiger partial charge in [-0.1, -0.05) is 33.6 Å². The lowest BCUT2D eigenvalue weighted by atomic mass is 10.1. The molecule has 0 aromatic heterocycles. The Morgan fingerprint density at radius 3 is 2.70 bits per heavy atom. The third kappa shape index (κ3) is 3.44. The molecule has 0 saturated heterocycles. The van der Waals surface area contributed by atoms with E-state index >= 15 is 0 Å². The molecule has 0 aliphatic heterocycles. The first-order chi connectivity index (χ1) is 9.51. The van der Waals surface area contributed by atoms with E-state index in [0.29, 0.717) is 6.54 Å². The van der Waals surface area contributed by atoms with Crippen LogP contribution in [0.3, 0.4) is 0 Å². The van der Waals surface area contributed by atoms with Crippen molar-refractivity contribution in [3.8, 4) is 5.75 Å². The second kappa shape index (κ2) is 6.46. The van der Waals surface area contributed by atoms with Gasteiger partial charge >= 0.3 is 0 Å². The summed E-state index contributed by atoms with van der Waals surface area (Å²) in [4.78, 5) is 0. The van der Waals surface area contributed by atoms with Crippen LogP contribution in [0.4, 0.5) is 10.1 Å². The van der Waals surface area contributed by atoms with Gasteiger partial charge in [-0.25, -0.2) is 4.39 Å². The van der Waals surface area contributed by atoms with Crippen LogP contribution in [-0.4, -0.2) is 7.11 Å². The number of halogens is 3. The molecule has 0 saturated carbocycles. The molecule has 0 heterocycles. The van der Waals surface area contributed by atoms with Gasteiger partial charge in [0, 0.05) is 11.0 Å². The number of ether oxygens (including phenoxy) is 1. The molecule has 2 aromatic rings. The highest BCUT2D eigenvalue weighted by atomic mass is 79.9. The number of benzene rings is 2. The quantitative estimate of drug-likeness (QED) is 0.814. The molecule has 20 heavy (non-hydrogen) atoms. The van der Waals surface area contributed by atoms with Crippen molar-refractivity contribution in [2.24, 2.45) is 0 Å². The molecule has 2 rings (SSSR count). The molecule has 0 atom stereocenters. The number of rotatable bonds is 4. The number of anilines is 1. The lowest BCUT2D eigenvalue weighted by Gasteiger charge is -2.15. The summed E-state index contributed by atoms with van der Waals surface area (Å²) in [6, 6.07) is 8.58.